The number of para-hydroxylation sites is 1. The van der Waals surface area contributed by atoms with E-state index in [0.717, 1.165) is 37.8 Å². The Morgan fingerprint density at radius 1 is 1.25 bits per heavy atom. The molecule has 1 aromatic carbocycles. The van der Waals surface area contributed by atoms with Crippen molar-refractivity contribution in [3.8, 4) is 0 Å². The lowest BCUT2D eigenvalue weighted by Crippen LogP contribution is -2.51. The number of guanidine groups is 1. The predicted octanol–water partition coefficient (Wildman–Crippen LogP) is 2.66. The van der Waals surface area contributed by atoms with E-state index in [2.05, 4.69) is 50.9 Å². The minimum atomic E-state index is 0.411. The van der Waals surface area contributed by atoms with Gasteiger partial charge in [0.15, 0.2) is 5.96 Å². The third-order valence-electron chi connectivity index (χ3n) is 4.35. The summed E-state index contributed by atoms with van der Waals surface area (Å²) in [6.07, 6.45) is 4.93. The molecule has 2 aromatic rings. The Hall–Kier alpha value is -2.43. The Morgan fingerprint density at radius 3 is 2.88 bits per heavy atom. The van der Waals surface area contributed by atoms with E-state index >= 15 is 0 Å². The van der Waals surface area contributed by atoms with Crippen LogP contribution in [0, 0.1) is 0 Å². The highest BCUT2D eigenvalue weighted by Gasteiger charge is 2.20. The number of aliphatic imine (C=N–C) groups is 1. The highest BCUT2D eigenvalue weighted by atomic mass is 16.3. The number of hydrogen-bond acceptors (Lipinski definition) is 3. The largest absolute Gasteiger partial charge is 0.469 e. The van der Waals surface area contributed by atoms with E-state index in [-0.39, 0.29) is 0 Å². The SMILES string of the molecule is CN=C(NCCc1ccco1)NC1CCCN(c2ccccc2)C1. The van der Waals surface area contributed by atoms with Gasteiger partial charge in [-0.2, -0.15) is 0 Å². The van der Waals surface area contributed by atoms with Crippen LogP contribution in [0.1, 0.15) is 18.6 Å². The summed E-state index contributed by atoms with van der Waals surface area (Å²) in [4.78, 5) is 6.79. The van der Waals surface area contributed by atoms with E-state index < -0.39 is 0 Å². The molecule has 2 N–H and O–H groups in total. The maximum atomic E-state index is 5.36. The van der Waals surface area contributed by atoms with Crippen molar-refractivity contribution in [2.24, 2.45) is 4.99 Å². The fourth-order valence-corrected chi connectivity index (χ4v) is 3.12. The molecule has 0 aliphatic carbocycles. The first-order valence-electron chi connectivity index (χ1n) is 8.65. The number of rotatable bonds is 5. The normalized spacial score (nSPS) is 18.5. The van der Waals surface area contributed by atoms with Gasteiger partial charge in [0, 0.05) is 44.8 Å². The zero-order valence-corrected chi connectivity index (χ0v) is 14.2. The summed E-state index contributed by atoms with van der Waals surface area (Å²) in [6, 6.07) is 14.9. The van der Waals surface area contributed by atoms with Gasteiger partial charge in [0.2, 0.25) is 0 Å². The van der Waals surface area contributed by atoms with Crippen molar-refractivity contribution in [3.63, 3.8) is 0 Å². The molecule has 1 atom stereocenters. The molecule has 5 nitrogen and oxygen atoms in total. The second-order valence-electron chi connectivity index (χ2n) is 6.09. The molecule has 128 valence electrons. The first-order valence-corrected chi connectivity index (χ1v) is 8.65. The van der Waals surface area contributed by atoms with Gasteiger partial charge in [-0.3, -0.25) is 4.99 Å². The Kier molecular flexibility index (Phi) is 5.77. The van der Waals surface area contributed by atoms with Crippen molar-refractivity contribution >= 4 is 11.6 Å². The molecule has 0 radical (unpaired) electrons. The summed E-state index contributed by atoms with van der Waals surface area (Å²) in [6.45, 7) is 2.93. The van der Waals surface area contributed by atoms with Crippen LogP contribution in [0.3, 0.4) is 0 Å². The van der Waals surface area contributed by atoms with Crippen molar-refractivity contribution in [2.45, 2.75) is 25.3 Å². The second kappa shape index (κ2) is 8.43. The fraction of sp³-hybridized carbons (Fsp3) is 0.421. The van der Waals surface area contributed by atoms with Crippen LogP contribution in [0.25, 0.3) is 0 Å². The molecule has 1 aromatic heterocycles. The van der Waals surface area contributed by atoms with Crippen LogP contribution >= 0.6 is 0 Å². The van der Waals surface area contributed by atoms with Gasteiger partial charge in [0.1, 0.15) is 5.76 Å². The average Bonchev–Trinajstić information content (AvgIpc) is 3.15. The van der Waals surface area contributed by atoms with Crippen molar-refractivity contribution < 1.29 is 4.42 Å². The number of anilines is 1. The second-order valence-corrected chi connectivity index (χ2v) is 6.09. The van der Waals surface area contributed by atoms with Crippen molar-refractivity contribution in [3.05, 3.63) is 54.5 Å². The Balaban J connectivity index is 1.48. The van der Waals surface area contributed by atoms with Crippen LogP contribution in [0.4, 0.5) is 5.69 Å². The molecule has 0 spiro atoms. The van der Waals surface area contributed by atoms with Gasteiger partial charge in [-0.1, -0.05) is 18.2 Å². The van der Waals surface area contributed by atoms with Gasteiger partial charge in [-0.15, -0.1) is 0 Å². The first kappa shape index (κ1) is 16.4. The Morgan fingerprint density at radius 2 is 2.12 bits per heavy atom. The molecule has 1 aliphatic rings. The summed E-state index contributed by atoms with van der Waals surface area (Å²) < 4.78 is 5.36. The summed E-state index contributed by atoms with van der Waals surface area (Å²) in [5.74, 6) is 1.85. The third kappa shape index (κ3) is 4.54. The number of nitrogens with one attached hydrogen (secondary N) is 2. The molecule has 2 heterocycles. The molecule has 5 heteroatoms. The fourth-order valence-electron chi connectivity index (χ4n) is 3.12. The number of piperidine rings is 1. The van der Waals surface area contributed by atoms with E-state index in [0.29, 0.717) is 6.04 Å². The van der Waals surface area contributed by atoms with Gasteiger partial charge >= 0.3 is 0 Å². The molecule has 1 unspecified atom stereocenters. The lowest BCUT2D eigenvalue weighted by atomic mass is 10.1. The lowest BCUT2D eigenvalue weighted by Gasteiger charge is -2.35. The quantitative estimate of drug-likeness (QED) is 0.655. The smallest absolute Gasteiger partial charge is 0.191 e. The maximum Gasteiger partial charge on any atom is 0.191 e. The van der Waals surface area contributed by atoms with Crippen LogP contribution in [-0.2, 0) is 6.42 Å². The van der Waals surface area contributed by atoms with Crippen LogP contribution in [-0.4, -0.2) is 38.7 Å². The molecule has 3 rings (SSSR count). The first-order chi connectivity index (χ1) is 11.8. The van der Waals surface area contributed by atoms with Crippen molar-refractivity contribution in [2.75, 3.05) is 31.6 Å². The monoisotopic (exact) mass is 326 g/mol. The molecule has 0 bridgehead atoms. The van der Waals surface area contributed by atoms with Crippen LogP contribution in [0.2, 0.25) is 0 Å². The molecule has 1 saturated heterocycles. The van der Waals surface area contributed by atoms with E-state index in [4.69, 9.17) is 4.42 Å². The summed E-state index contributed by atoms with van der Waals surface area (Å²) in [5.41, 5.74) is 1.30. The highest BCUT2D eigenvalue weighted by molar-refractivity contribution is 5.80. The van der Waals surface area contributed by atoms with E-state index in [1.54, 1.807) is 6.26 Å². The van der Waals surface area contributed by atoms with E-state index in [1.165, 1.54) is 18.5 Å². The summed E-state index contributed by atoms with van der Waals surface area (Å²) in [5, 5.41) is 6.92. The summed E-state index contributed by atoms with van der Waals surface area (Å²) >= 11 is 0. The standard InChI is InChI=1S/C19H26N4O/c1-20-19(21-12-11-18-10-6-14-24-18)22-16-7-5-13-23(15-16)17-8-3-2-4-9-17/h2-4,6,8-10,14,16H,5,7,11-13,15H2,1H3,(H2,20,21,22). The zero-order chi connectivity index (χ0) is 16.6. The van der Waals surface area contributed by atoms with Gasteiger partial charge in [0.05, 0.1) is 6.26 Å². The van der Waals surface area contributed by atoms with E-state index in [1.807, 2.05) is 19.2 Å². The van der Waals surface area contributed by atoms with Gasteiger partial charge in [0.25, 0.3) is 0 Å². The zero-order valence-electron chi connectivity index (χ0n) is 14.2. The molecule has 0 amide bonds. The maximum absolute atomic E-state index is 5.36. The minimum absolute atomic E-state index is 0.411. The summed E-state index contributed by atoms with van der Waals surface area (Å²) in [7, 11) is 1.82. The number of furan rings is 1. The Labute approximate surface area is 143 Å². The van der Waals surface area contributed by atoms with Crippen molar-refractivity contribution in [1.82, 2.24) is 10.6 Å². The highest BCUT2D eigenvalue weighted by Crippen LogP contribution is 2.19. The molecule has 24 heavy (non-hydrogen) atoms. The number of benzene rings is 1. The van der Waals surface area contributed by atoms with Crippen LogP contribution in [0.5, 0.6) is 0 Å². The van der Waals surface area contributed by atoms with Gasteiger partial charge in [-0.25, -0.2) is 0 Å². The molecule has 0 saturated carbocycles. The van der Waals surface area contributed by atoms with Gasteiger partial charge in [-0.05, 0) is 37.1 Å². The van der Waals surface area contributed by atoms with Gasteiger partial charge < -0.3 is 20.0 Å². The molecule has 1 aliphatic heterocycles. The van der Waals surface area contributed by atoms with E-state index in [9.17, 15) is 0 Å². The number of hydrogen-bond donors (Lipinski definition) is 2. The topological polar surface area (TPSA) is 52.8 Å². The molecular formula is C19H26N4O. The predicted molar refractivity (Wildman–Crippen MR) is 98.6 cm³/mol. The lowest BCUT2D eigenvalue weighted by molar-refractivity contribution is 0.466. The van der Waals surface area contributed by atoms with Crippen LogP contribution < -0.4 is 15.5 Å². The Bertz CT molecular complexity index is 624. The van der Waals surface area contributed by atoms with Crippen molar-refractivity contribution in [1.29, 1.82) is 0 Å². The average molecular weight is 326 g/mol. The third-order valence-corrected chi connectivity index (χ3v) is 4.35. The number of nitrogens with zero attached hydrogens (tertiary/aromatic N) is 2. The molecular weight excluding hydrogens is 300 g/mol. The van der Waals surface area contributed by atoms with Crippen LogP contribution in [0.15, 0.2) is 58.1 Å². The molecule has 1 fully saturated rings. The minimum Gasteiger partial charge on any atom is -0.469 e.